The molecule has 3 N–H and O–H groups in total. The minimum atomic E-state index is -1.34. The maximum Gasteiger partial charge on any atom is 0.325 e. The van der Waals surface area contributed by atoms with Crippen molar-refractivity contribution in [3.63, 3.8) is 0 Å². The fourth-order valence-corrected chi connectivity index (χ4v) is 3.44. The highest BCUT2D eigenvalue weighted by Gasteiger charge is 2.49. The molecule has 160 valence electrons. The second kappa shape index (κ2) is 7.63. The monoisotopic (exact) mass is 424 g/mol. The molecule has 1 atom stereocenters. The zero-order chi connectivity index (χ0) is 22.2. The molecule has 10 nitrogen and oxygen atoms in total. The van der Waals surface area contributed by atoms with E-state index in [2.05, 4.69) is 16.0 Å². The molecule has 2 aromatic rings. The summed E-state index contributed by atoms with van der Waals surface area (Å²) >= 11 is 0. The molecule has 2 heterocycles. The molecular weight excluding hydrogens is 404 g/mol. The molecule has 4 rings (SSSR count). The highest BCUT2D eigenvalue weighted by Crippen LogP contribution is 2.37. The van der Waals surface area contributed by atoms with Crippen LogP contribution in [0, 0.1) is 0 Å². The van der Waals surface area contributed by atoms with Crippen molar-refractivity contribution in [1.29, 1.82) is 0 Å². The Morgan fingerprint density at radius 2 is 1.81 bits per heavy atom. The number of hydrogen-bond acceptors (Lipinski definition) is 6. The van der Waals surface area contributed by atoms with Crippen LogP contribution >= 0.6 is 0 Å². The van der Waals surface area contributed by atoms with Crippen molar-refractivity contribution in [2.24, 2.45) is 0 Å². The molecule has 0 radical (unpaired) electrons. The van der Waals surface area contributed by atoms with Gasteiger partial charge in [-0.2, -0.15) is 0 Å². The second-order valence-electron chi connectivity index (χ2n) is 7.22. The van der Waals surface area contributed by atoms with Crippen LogP contribution in [0.2, 0.25) is 0 Å². The molecule has 31 heavy (non-hydrogen) atoms. The number of fused-ring (bicyclic) bond motifs is 1. The minimum Gasteiger partial charge on any atom is -0.454 e. The Balaban J connectivity index is 1.45. The summed E-state index contributed by atoms with van der Waals surface area (Å²) in [6, 6.07) is 10.5. The van der Waals surface area contributed by atoms with Crippen molar-refractivity contribution in [3.8, 4) is 11.5 Å². The zero-order valence-corrected chi connectivity index (χ0v) is 16.9. The number of rotatable bonds is 5. The van der Waals surface area contributed by atoms with Gasteiger partial charge in [0.15, 0.2) is 11.5 Å². The molecule has 5 amide bonds. The Morgan fingerprint density at radius 3 is 2.52 bits per heavy atom. The van der Waals surface area contributed by atoms with Gasteiger partial charge >= 0.3 is 6.03 Å². The molecular formula is C21H20N4O6. The predicted molar refractivity (Wildman–Crippen MR) is 109 cm³/mol. The van der Waals surface area contributed by atoms with Gasteiger partial charge in [-0.1, -0.05) is 6.07 Å². The van der Waals surface area contributed by atoms with Crippen LogP contribution in [0.1, 0.15) is 22.8 Å². The maximum atomic E-state index is 13.0. The number of urea groups is 1. The third-order valence-electron chi connectivity index (χ3n) is 5.18. The Morgan fingerprint density at radius 1 is 1.10 bits per heavy atom. The fourth-order valence-electron chi connectivity index (χ4n) is 3.44. The largest absolute Gasteiger partial charge is 0.454 e. The first kappa shape index (κ1) is 20.2. The van der Waals surface area contributed by atoms with Crippen LogP contribution in [0.3, 0.4) is 0 Å². The number of nitrogens with zero attached hydrogens (tertiary/aromatic N) is 1. The standard InChI is InChI=1S/C21H20N4O6/c1-21(13-5-8-15-16(9-13)31-11-30-15)19(28)25(20(29)24-21)10-17(26)23-14-6-3-12(4-7-14)18(27)22-2/h3-9H,10-11H2,1-2H3,(H,22,27)(H,23,26)(H,24,29)/t21-/m0/s1. The third kappa shape index (κ3) is 3.63. The van der Waals surface area contributed by atoms with Gasteiger partial charge in [-0.15, -0.1) is 0 Å². The summed E-state index contributed by atoms with van der Waals surface area (Å²) in [5.41, 5.74) is 0.0492. The van der Waals surface area contributed by atoms with E-state index in [9.17, 15) is 19.2 Å². The van der Waals surface area contributed by atoms with Gasteiger partial charge in [0, 0.05) is 18.3 Å². The van der Waals surface area contributed by atoms with E-state index in [1.165, 1.54) is 7.05 Å². The van der Waals surface area contributed by atoms with Crippen molar-refractivity contribution in [2.45, 2.75) is 12.5 Å². The lowest BCUT2D eigenvalue weighted by atomic mass is 9.91. The first-order valence-corrected chi connectivity index (χ1v) is 9.48. The zero-order valence-electron chi connectivity index (χ0n) is 16.9. The van der Waals surface area contributed by atoms with Crippen LogP contribution in [0.5, 0.6) is 11.5 Å². The van der Waals surface area contributed by atoms with Gasteiger partial charge in [0.25, 0.3) is 11.8 Å². The summed E-state index contributed by atoms with van der Waals surface area (Å²) in [5, 5.41) is 7.77. The maximum absolute atomic E-state index is 13.0. The molecule has 0 aromatic heterocycles. The van der Waals surface area contributed by atoms with E-state index in [1.807, 2.05) is 0 Å². The lowest BCUT2D eigenvalue weighted by Gasteiger charge is -2.22. The molecule has 1 fully saturated rings. The van der Waals surface area contributed by atoms with Gasteiger partial charge in [0.2, 0.25) is 12.7 Å². The molecule has 0 aliphatic carbocycles. The number of benzene rings is 2. The molecule has 2 aliphatic rings. The van der Waals surface area contributed by atoms with Gasteiger partial charge in [-0.3, -0.25) is 19.3 Å². The first-order chi connectivity index (χ1) is 14.8. The highest BCUT2D eigenvalue weighted by molar-refractivity contribution is 6.10. The van der Waals surface area contributed by atoms with Crippen LogP contribution in [-0.4, -0.2) is 49.0 Å². The summed E-state index contributed by atoms with van der Waals surface area (Å²) in [6.45, 7) is 1.20. The number of carbonyl (C=O) groups excluding carboxylic acids is 4. The molecule has 1 saturated heterocycles. The van der Waals surface area contributed by atoms with Crippen LogP contribution in [0.4, 0.5) is 10.5 Å². The van der Waals surface area contributed by atoms with Crippen molar-refractivity contribution < 1.29 is 28.7 Å². The third-order valence-corrected chi connectivity index (χ3v) is 5.18. The van der Waals surface area contributed by atoms with Gasteiger partial charge in [0.1, 0.15) is 12.1 Å². The van der Waals surface area contributed by atoms with E-state index >= 15 is 0 Å². The SMILES string of the molecule is CNC(=O)c1ccc(NC(=O)CN2C(=O)N[C@@](C)(c3ccc4c(c3)OCO4)C2=O)cc1. The number of carbonyl (C=O) groups is 4. The predicted octanol–water partition coefficient (Wildman–Crippen LogP) is 1.18. The molecule has 2 aromatic carbocycles. The van der Waals surface area contributed by atoms with Crippen LogP contribution in [0.25, 0.3) is 0 Å². The number of ether oxygens (including phenoxy) is 2. The number of hydrogen-bond donors (Lipinski definition) is 3. The van der Waals surface area contributed by atoms with E-state index in [0.717, 1.165) is 4.90 Å². The van der Waals surface area contributed by atoms with Crippen LogP contribution in [-0.2, 0) is 15.1 Å². The second-order valence-corrected chi connectivity index (χ2v) is 7.22. The van der Waals surface area contributed by atoms with Crippen molar-refractivity contribution >= 4 is 29.4 Å². The summed E-state index contributed by atoms with van der Waals surface area (Å²) in [4.78, 5) is 50.4. The van der Waals surface area contributed by atoms with Gasteiger partial charge in [0.05, 0.1) is 0 Å². The Hall–Kier alpha value is -4.08. The lowest BCUT2D eigenvalue weighted by molar-refractivity contribution is -0.133. The van der Waals surface area contributed by atoms with E-state index in [-0.39, 0.29) is 12.7 Å². The number of nitrogens with one attached hydrogen (secondary N) is 3. The molecule has 10 heteroatoms. The van der Waals surface area contributed by atoms with Gasteiger partial charge < -0.3 is 25.4 Å². The van der Waals surface area contributed by atoms with E-state index in [0.29, 0.717) is 28.3 Å². The fraction of sp³-hybridized carbons (Fsp3) is 0.238. The van der Waals surface area contributed by atoms with Gasteiger partial charge in [-0.25, -0.2) is 4.79 Å². The van der Waals surface area contributed by atoms with E-state index < -0.39 is 29.9 Å². The molecule has 0 saturated carbocycles. The highest BCUT2D eigenvalue weighted by atomic mass is 16.7. The molecule has 0 spiro atoms. The van der Waals surface area contributed by atoms with Gasteiger partial charge in [-0.05, 0) is 48.9 Å². The molecule has 0 unspecified atom stereocenters. The van der Waals surface area contributed by atoms with Crippen molar-refractivity contribution in [1.82, 2.24) is 15.5 Å². The summed E-state index contributed by atoms with van der Waals surface area (Å²) in [6.07, 6.45) is 0. The number of imide groups is 1. The Bertz CT molecular complexity index is 1080. The number of amides is 5. The Kier molecular flexibility index (Phi) is 4.97. The quantitative estimate of drug-likeness (QED) is 0.619. The minimum absolute atomic E-state index is 0.0895. The summed E-state index contributed by atoms with van der Waals surface area (Å²) in [5.74, 6) is -0.312. The summed E-state index contributed by atoms with van der Waals surface area (Å²) in [7, 11) is 1.52. The number of anilines is 1. The Labute approximate surface area is 177 Å². The normalized spacial score (nSPS) is 19.2. The average Bonchev–Trinajstić information content (AvgIpc) is 3.32. The van der Waals surface area contributed by atoms with Crippen molar-refractivity contribution in [3.05, 3.63) is 53.6 Å². The van der Waals surface area contributed by atoms with E-state index in [1.54, 1.807) is 49.4 Å². The van der Waals surface area contributed by atoms with E-state index in [4.69, 9.17) is 9.47 Å². The molecule has 0 bridgehead atoms. The smallest absolute Gasteiger partial charge is 0.325 e. The van der Waals surface area contributed by atoms with Crippen molar-refractivity contribution in [2.75, 3.05) is 25.7 Å². The van der Waals surface area contributed by atoms with Crippen LogP contribution in [0.15, 0.2) is 42.5 Å². The lowest BCUT2D eigenvalue weighted by Crippen LogP contribution is -2.42. The summed E-state index contributed by atoms with van der Waals surface area (Å²) < 4.78 is 10.6. The average molecular weight is 424 g/mol. The van der Waals surface area contributed by atoms with Crippen LogP contribution < -0.4 is 25.4 Å². The topological polar surface area (TPSA) is 126 Å². The first-order valence-electron chi connectivity index (χ1n) is 9.48. The molecule has 2 aliphatic heterocycles.